The Morgan fingerprint density at radius 3 is 2.03 bits per heavy atom. The minimum Gasteiger partial charge on any atom is -0.456 e. The Kier molecular flexibility index (Phi) is 2.56. The highest BCUT2D eigenvalue weighted by Crippen LogP contribution is 2.42. The Morgan fingerprint density at radius 2 is 1.21 bits per heavy atom. The largest absolute Gasteiger partial charge is 0.456 e. The van der Waals surface area contributed by atoms with Gasteiger partial charge in [-0.1, -0.05) is 115 Å². The average Bonchev–Trinajstić information content (AvgIpc) is 3.51. The van der Waals surface area contributed by atoms with Gasteiger partial charge >= 0.3 is 0 Å². The Bertz CT molecular complexity index is 2840. The molecule has 0 fully saturated rings. The van der Waals surface area contributed by atoms with Crippen LogP contribution in [0.15, 0.2) is 138 Å². The molecular weight excluding hydrogens is 460 g/mol. The fourth-order valence-electron chi connectivity index (χ4n) is 5.29. The van der Waals surface area contributed by atoms with E-state index in [0.717, 1.165) is 5.39 Å². The van der Waals surface area contributed by atoms with Gasteiger partial charge in [-0.2, -0.15) is 0 Å². The molecule has 178 valence electrons. The molecule has 8 rings (SSSR count). The normalized spacial score (nSPS) is 16.9. The Balaban J connectivity index is 1.61. The maximum Gasteiger partial charge on any atom is 0.135 e. The first kappa shape index (κ1) is 11.7. The van der Waals surface area contributed by atoms with E-state index in [9.17, 15) is 5.48 Å². The maximum atomic E-state index is 9.20. The molecule has 0 saturated heterocycles. The summed E-state index contributed by atoms with van der Waals surface area (Å²) in [5.41, 5.74) is 1.70. The topological polar surface area (TPSA) is 13.1 Å². The summed E-state index contributed by atoms with van der Waals surface area (Å²) in [7, 11) is 0. The molecule has 0 atom stereocenters. The lowest BCUT2D eigenvalue weighted by Gasteiger charge is -2.18. The van der Waals surface area contributed by atoms with Gasteiger partial charge in [0.2, 0.25) is 0 Å². The lowest BCUT2D eigenvalue weighted by atomic mass is 9.85. The van der Waals surface area contributed by atoms with Crippen LogP contribution in [0.5, 0.6) is 0 Å². The van der Waals surface area contributed by atoms with Gasteiger partial charge in [0.1, 0.15) is 11.2 Å². The zero-order valence-corrected chi connectivity index (χ0v) is 19.7. The zero-order chi connectivity index (χ0) is 37.2. The Labute approximate surface area is 240 Å². The predicted molar refractivity (Wildman–Crippen MR) is 161 cm³/mol. The third kappa shape index (κ3) is 3.19. The Hall–Kier alpha value is -4.88. The lowest BCUT2D eigenvalue weighted by Crippen LogP contribution is -1.96. The van der Waals surface area contributed by atoms with E-state index in [1.807, 2.05) is 18.2 Å². The van der Waals surface area contributed by atoms with Gasteiger partial charge in [-0.3, -0.25) is 0 Å². The molecule has 0 bridgehead atoms. The second-order valence-corrected chi connectivity index (χ2v) is 9.02. The van der Waals surface area contributed by atoms with Crippen LogP contribution in [0.3, 0.4) is 0 Å². The van der Waals surface area contributed by atoms with Gasteiger partial charge in [-0.05, 0) is 79.2 Å². The summed E-state index contributed by atoms with van der Waals surface area (Å²) in [5, 5.41) is 1.15. The molecule has 0 unspecified atom stereocenters. The summed E-state index contributed by atoms with van der Waals surface area (Å²) >= 11 is 0. The lowest BCUT2D eigenvalue weighted by molar-refractivity contribution is 0.669. The number of fused-ring (bicyclic) bond motifs is 6. The number of para-hydroxylation sites is 1. The van der Waals surface area contributed by atoms with Crippen molar-refractivity contribution in [2.45, 2.75) is 6.42 Å². The molecule has 0 N–H and O–H groups in total. The maximum absolute atomic E-state index is 9.20. The summed E-state index contributed by atoms with van der Waals surface area (Å²) in [5.74, 6) is 0. The third-order valence-corrected chi connectivity index (χ3v) is 6.97. The molecule has 0 aliphatic rings. The van der Waals surface area contributed by atoms with Crippen LogP contribution in [-0.4, -0.2) is 0 Å². The van der Waals surface area contributed by atoms with Crippen molar-refractivity contribution in [2.24, 2.45) is 0 Å². The van der Waals surface area contributed by atoms with Crippen LogP contribution in [0, 0.1) is 0 Å². The molecule has 1 heterocycles. The van der Waals surface area contributed by atoms with Crippen LogP contribution < -0.4 is 0 Å². The number of hydrogen-bond acceptors (Lipinski definition) is 1. The van der Waals surface area contributed by atoms with Crippen LogP contribution in [0.4, 0.5) is 0 Å². The minimum atomic E-state index is -0.597. The highest BCUT2D eigenvalue weighted by Gasteiger charge is 2.17. The van der Waals surface area contributed by atoms with E-state index in [4.69, 9.17) is 18.1 Å². The molecule has 1 aromatic heterocycles. The smallest absolute Gasteiger partial charge is 0.135 e. The van der Waals surface area contributed by atoms with Gasteiger partial charge in [-0.15, -0.1) is 0 Å². The van der Waals surface area contributed by atoms with Crippen LogP contribution in [0.25, 0.3) is 65.4 Å². The van der Waals surface area contributed by atoms with Crippen molar-refractivity contribution >= 4 is 54.3 Å². The van der Waals surface area contributed by atoms with Gasteiger partial charge in [0.05, 0.1) is 19.2 Å². The molecule has 1 nitrogen and oxygen atoms in total. The number of furan rings is 1. The van der Waals surface area contributed by atoms with E-state index >= 15 is 0 Å². The molecule has 0 spiro atoms. The van der Waals surface area contributed by atoms with E-state index in [2.05, 4.69) is 0 Å². The first-order chi connectivity index (χ1) is 24.6. The molecule has 0 aliphatic heterocycles. The summed E-state index contributed by atoms with van der Waals surface area (Å²) in [6.45, 7) is 0. The van der Waals surface area contributed by atoms with Crippen LogP contribution in [-0.2, 0) is 6.42 Å². The quantitative estimate of drug-likeness (QED) is 0.221. The van der Waals surface area contributed by atoms with Gasteiger partial charge < -0.3 is 4.42 Å². The van der Waals surface area contributed by atoms with Crippen molar-refractivity contribution in [1.29, 1.82) is 0 Å². The Morgan fingerprint density at radius 1 is 0.526 bits per heavy atom. The van der Waals surface area contributed by atoms with Crippen LogP contribution >= 0.6 is 0 Å². The number of rotatable bonds is 3. The molecule has 0 radical (unpaired) electrons. The molecule has 8 aromatic rings. The summed E-state index contributed by atoms with van der Waals surface area (Å²) in [4.78, 5) is 0. The third-order valence-electron chi connectivity index (χ3n) is 6.97. The van der Waals surface area contributed by atoms with Crippen molar-refractivity contribution in [3.63, 3.8) is 0 Å². The van der Waals surface area contributed by atoms with Gasteiger partial charge in [0.25, 0.3) is 0 Å². The fraction of sp³-hybridized carbons (Fsp3) is 0.0270. The first-order valence-corrected chi connectivity index (χ1v) is 12.0. The van der Waals surface area contributed by atoms with E-state index in [0.29, 0.717) is 22.1 Å². The predicted octanol–water partition coefficient (Wildman–Crippen LogP) is 10.3. The van der Waals surface area contributed by atoms with E-state index in [1.54, 1.807) is 24.3 Å². The van der Waals surface area contributed by atoms with Crippen molar-refractivity contribution in [3.05, 3.63) is 144 Å². The highest BCUT2D eigenvalue weighted by molar-refractivity contribution is 6.17. The summed E-state index contributed by atoms with van der Waals surface area (Å²) < 4.78 is 129. The van der Waals surface area contributed by atoms with Gasteiger partial charge in [0, 0.05) is 10.8 Å². The van der Waals surface area contributed by atoms with Crippen molar-refractivity contribution < 1.29 is 23.6 Å². The number of benzene rings is 7. The molecule has 0 saturated carbocycles. The molecular formula is C37H24O. The van der Waals surface area contributed by atoms with E-state index < -0.39 is 85.0 Å². The molecule has 7 aromatic carbocycles. The SMILES string of the molecule is [2H]c1cc2c(Cc3c4c([2H])c([2H])c([2H])c([2H])c4c(-c4ccc5oc6ccccc6c5c4)c4c([2H])c([2H])c([2H])c([2H])c34)c([2H])c([2H])c([2H])c2c([2H])c1[2H]. The van der Waals surface area contributed by atoms with Crippen molar-refractivity contribution in [1.82, 2.24) is 0 Å². The molecule has 1 heteroatoms. The van der Waals surface area contributed by atoms with Crippen molar-refractivity contribution in [2.75, 3.05) is 0 Å². The molecule has 0 amide bonds. The van der Waals surface area contributed by atoms with Gasteiger partial charge in [0.15, 0.2) is 0 Å². The van der Waals surface area contributed by atoms with Crippen molar-refractivity contribution in [3.8, 4) is 11.1 Å². The van der Waals surface area contributed by atoms with Gasteiger partial charge in [-0.25, -0.2) is 0 Å². The first-order valence-electron chi connectivity index (χ1n) is 19.0. The van der Waals surface area contributed by atoms with Crippen LogP contribution in [0.2, 0.25) is 0 Å². The summed E-state index contributed by atoms with van der Waals surface area (Å²) in [6.07, 6.45) is -0.430. The molecule has 38 heavy (non-hydrogen) atoms. The second-order valence-electron chi connectivity index (χ2n) is 9.02. The highest BCUT2D eigenvalue weighted by atomic mass is 16.3. The molecule has 0 aliphatic carbocycles. The monoisotopic (exact) mass is 498 g/mol. The summed E-state index contributed by atoms with van der Waals surface area (Å²) in [6, 6.07) is 6.58. The standard InChI is InChI=1S/C37H24O/c1-2-13-27-24(10-1)11-9-12-25(27)22-33-28-14-3-5-17-31(28)37(32-18-6-4-15-29(32)33)26-20-21-36-34(23-26)30-16-7-8-19-35(30)38-36/h1-21,23H,22H2/i1D,2D,3D,4D,5D,6D,9D,10D,11D,12D,14D,15D,17D,18D. The van der Waals surface area contributed by atoms with E-state index in [1.165, 1.54) is 6.07 Å². The van der Waals surface area contributed by atoms with Crippen LogP contribution in [0.1, 0.15) is 30.3 Å². The average molecular weight is 499 g/mol. The minimum absolute atomic E-state index is 0.000501. The number of hydrogen-bond donors (Lipinski definition) is 0. The fourth-order valence-corrected chi connectivity index (χ4v) is 5.29. The van der Waals surface area contributed by atoms with E-state index in [-0.39, 0.29) is 55.1 Å². The second kappa shape index (κ2) is 8.33. The zero-order valence-electron chi connectivity index (χ0n) is 33.7.